The van der Waals surface area contributed by atoms with Crippen LogP contribution in [0.15, 0.2) is 63.7 Å². The molecule has 1 aromatic carbocycles. The number of para-hydroxylation sites is 1. The van der Waals surface area contributed by atoms with E-state index in [4.69, 9.17) is 16.3 Å². The summed E-state index contributed by atoms with van der Waals surface area (Å²) in [5.74, 6) is -6.37. The molecule has 234 valence electrons. The number of hydrazine groups is 1. The maximum absolute atomic E-state index is 14.1. The van der Waals surface area contributed by atoms with Crippen LogP contribution >= 0.6 is 27.5 Å². The van der Waals surface area contributed by atoms with E-state index < -0.39 is 64.7 Å². The smallest absolute Gasteiger partial charge is 0.433 e. The zero-order valence-electron chi connectivity index (χ0n) is 23.7. The predicted octanol–water partition coefficient (Wildman–Crippen LogP) is 5.67. The van der Waals surface area contributed by atoms with Crippen LogP contribution in [0, 0.1) is 17.8 Å². The van der Waals surface area contributed by atoms with Crippen LogP contribution in [0.1, 0.15) is 36.9 Å². The van der Waals surface area contributed by atoms with Gasteiger partial charge >= 0.3 is 6.18 Å². The molecule has 4 unspecified atom stereocenters. The number of anilines is 1. The van der Waals surface area contributed by atoms with Crippen LogP contribution < -0.4 is 9.75 Å². The number of halogens is 5. The van der Waals surface area contributed by atoms with Gasteiger partial charge in [-0.25, -0.2) is 4.98 Å². The fraction of sp³-hybridized carbons (Fsp3) is 0.323. The number of amides is 2. The monoisotopic (exact) mass is 705 g/mol. The van der Waals surface area contributed by atoms with Gasteiger partial charge in [-0.05, 0) is 59.8 Å². The standard InChI is InChI=1S/C31H24BrClF3N3O6/c1-3-45-21-6-4-5-14(27(21)42)23-13-7-8-15-24(16(13)11-17-25(23)20(40)12-18(32)26(17)41)30(44)39(29(15)43)38(2)28-19(33)9-10-22(37-28)31(34,35)36/h4-7,9-10,12,15-16,23-24,42H,3,8,11H2,1-2H3. The number of aromatic nitrogens is 1. The van der Waals surface area contributed by atoms with Gasteiger partial charge in [0.1, 0.15) is 5.69 Å². The summed E-state index contributed by atoms with van der Waals surface area (Å²) in [6.45, 7) is 1.99. The van der Waals surface area contributed by atoms with Crippen molar-refractivity contribution in [1.29, 1.82) is 0 Å². The molecule has 3 aliphatic carbocycles. The van der Waals surface area contributed by atoms with E-state index in [9.17, 15) is 37.5 Å². The Bertz CT molecular complexity index is 1790. The maximum atomic E-state index is 14.1. The Labute approximate surface area is 268 Å². The summed E-state index contributed by atoms with van der Waals surface area (Å²) in [7, 11) is 1.22. The normalized spacial score (nSPS) is 24.6. The van der Waals surface area contributed by atoms with Crippen molar-refractivity contribution in [3.63, 3.8) is 0 Å². The van der Waals surface area contributed by atoms with E-state index >= 15 is 0 Å². The molecule has 4 aliphatic rings. The molecule has 45 heavy (non-hydrogen) atoms. The van der Waals surface area contributed by atoms with Crippen LogP contribution in [0.5, 0.6) is 11.5 Å². The van der Waals surface area contributed by atoms with Crippen molar-refractivity contribution in [3.05, 3.63) is 80.0 Å². The van der Waals surface area contributed by atoms with E-state index in [1.165, 1.54) is 13.1 Å². The Hall–Kier alpha value is -3.97. The lowest BCUT2D eigenvalue weighted by Crippen LogP contribution is -2.46. The SMILES string of the molecule is CCOc1cccc(C2C3=CCC4C(=O)N(N(C)c5nc(C(F)(F)F)ccc5Cl)C(=O)C4C3CC3=C2C(=O)C=C(Br)C3=O)c1O. The Morgan fingerprint density at radius 3 is 2.56 bits per heavy atom. The van der Waals surface area contributed by atoms with Gasteiger partial charge in [-0.15, -0.1) is 0 Å². The third-order valence-electron chi connectivity index (χ3n) is 8.67. The molecule has 1 fully saturated rings. The van der Waals surface area contributed by atoms with Gasteiger partial charge in [0.15, 0.2) is 28.9 Å². The lowest BCUT2D eigenvalue weighted by atomic mass is 9.59. The third-order valence-corrected chi connectivity index (χ3v) is 9.56. The molecule has 0 bridgehead atoms. The topological polar surface area (TPSA) is 117 Å². The largest absolute Gasteiger partial charge is 0.504 e. The molecule has 1 N–H and O–H groups in total. The molecule has 1 aromatic heterocycles. The van der Waals surface area contributed by atoms with Gasteiger partial charge in [0, 0.05) is 35.8 Å². The van der Waals surface area contributed by atoms with E-state index in [0.717, 1.165) is 16.1 Å². The summed E-state index contributed by atoms with van der Waals surface area (Å²) in [4.78, 5) is 58.3. The zero-order valence-corrected chi connectivity index (χ0v) is 26.0. The van der Waals surface area contributed by atoms with Crippen LogP contribution in [0.2, 0.25) is 5.02 Å². The first-order chi connectivity index (χ1) is 21.3. The summed E-state index contributed by atoms with van der Waals surface area (Å²) < 4.78 is 46.0. The highest BCUT2D eigenvalue weighted by Gasteiger charge is 2.58. The second-order valence-electron chi connectivity index (χ2n) is 11.0. The highest BCUT2D eigenvalue weighted by molar-refractivity contribution is 9.12. The maximum Gasteiger partial charge on any atom is 0.433 e. The number of imide groups is 1. The average Bonchev–Trinajstić information content (AvgIpc) is 3.25. The van der Waals surface area contributed by atoms with E-state index in [1.807, 2.05) is 0 Å². The first-order valence-corrected chi connectivity index (χ1v) is 15.1. The predicted molar refractivity (Wildman–Crippen MR) is 158 cm³/mol. The first kappa shape index (κ1) is 31.0. The number of phenols is 1. The molecule has 14 heteroatoms. The number of rotatable bonds is 5. The number of pyridine rings is 1. The van der Waals surface area contributed by atoms with Crippen molar-refractivity contribution in [2.45, 2.75) is 31.9 Å². The van der Waals surface area contributed by atoms with E-state index in [0.29, 0.717) is 17.2 Å². The van der Waals surface area contributed by atoms with Crippen LogP contribution in [0.4, 0.5) is 19.0 Å². The number of carbonyl (C=O) groups excluding carboxylic acids is 4. The lowest BCUT2D eigenvalue weighted by Gasteiger charge is -2.42. The molecule has 0 spiro atoms. The fourth-order valence-electron chi connectivity index (χ4n) is 6.80. The summed E-state index contributed by atoms with van der Waals surface area (Å²) in [5, 5.41) is 12.7. The molecule has 2 amide bonds. The van der Waals surface area contributed by atoms with Crippen molar-refractivity contribution in [2.75, 3.05) is 18.7 Å². The molecule has 2 aromatic rings. The molecule has 9 nitrogen and oxygen atoms in total. The number of fused-ring (bicyclic) bond motifs is 3. The number of benzene rings is 1. The van der Waals surface area contributed by atoms with Crippen LogP contribution in [-0.4, -0.2) is 52.1 Å². The quantitative estimate of drug-likeness (QED) is 0.240. The molecule has 0 radical (unpaired) electrons. The molecule has 0 saturated carbocycles. The molecule has 6 rings (SSSR count). The Morgan fingerprint density at radius 2 is 1.87 bits per heavy atom. The molecule has 1 aliphatic heterocycles. The van der Waals surface area contributed by atoms with Gasteiger partial charge < -0.3 is 9.84 Å². The Kier molecular flexibility index (Phi) is 7.67. The number of carbonyl (C=O) groups is 4. The molecule has 4 atom stereocenters. The first-order valence-electron chi connectivity index (χ1n) is 13.9. The summed E-state index contributed by atoms with van der Waals surface area (Å²) >= 11 is 9.35. The number of allylic oxidation sites excluding steroid dienone is 6. The molecular formula is C31H24BrClF3N3O6. The number of ketones is 2. The van der Waals surface area contributed by atoms with Crippen LogP contribution in [-0.2, 0) is 25.4 Å². The zero-order chi connectivity index (χ0) is 32.5. The number of aromatic hydroxyl groups is 1. The number of hydrogen-bond acceptors (Lipinski definition) is 8. The second kappa shape index (κ2) is 11.1. The van der Waals surface area contributed by atoms with Crippen LogP contribution in [0.3, 0.4) is 0 Å². The molecule has 1 saturated heterocycles. The second-order valence-corrected chi connectivity index (χ2v) is 12.3. The Balaban J connectivity index is 1.45. The highest BCUT2D eigenvalue weighted by atomic mass is 79.9. The number of Topliss-reactive ketones (excluding diaryl/α,β-unsaturated/α-hetero) is 1. The van der Waals surface area contributed by atoms with Crippen molar-refractivity contribution >= 4 is 56.7 Å². The minimum atomic E-state index is -4.80. The van der Waals surface area contributed by atoms with E-state index in [1.54, 1.807) is 31.2 Å². The lowest BCUT2D eigenvalue weighted by molar-refractivity contribution is -0.141. The van der Waals surface area contributed by atoms with Crippen LogP contribution in [0.25, 0.3) is 0 Å². The van der Waals surface area contributed by atoms with E-state index in [2.05, 4.69) is 20.9 Å². The average molecular weight is 707 g/mol. The summed E-state index contributed by atoms with van der Waals surface area (Å²) in [6, 6.07) is 6.50. The minimum Gasteiger partial charge on any atom is -0.504 e. The number of nitrogens with zero attached hydrogens (tertiary/aromatic N) is 3. The van der Waals surface area contributed by atoms with Crippen molar-refractivity contribution in [3.8, 4) is 11.5 Å². The van der Waals surface area contributed by atoms with Gasteiger partial charge in [0.25, 0.3) is 11.8 Å². The fourth-order valence-corrected chi connectivity index (χ4v) is 7.47. The number of alkyl halides is 3. The van der Waals surface area contributed by atoms with Gasteiger partial charge in [-0.2, -0.15) is 18.2 Å². The number of ether oxygens (including phenoxy) is 1. The van der Waals surface area contributed by atoms with E-state index in [-0.39, 0.29) is 51.6 Å². The molecule has 2 heterocycles. The van der Waals surface area contributed by atoms with Gasteiger partial charge in [0.2, 0.25) is 0 Å². The Morgan fingerprint density at radius 1 is 1.13 bits per heavy atom. The van der Waals surface area contributed by atoms with Crippen molar-refractivity contribution in [1.82, 2.24) is 9.99 Å². The third kappa shape index (κ3) is 4.87. The number of phenolic OH excluding ortho intramolecular Hbond substituents is 1. The van der Waals surface area contributed by atoms with Gasteiger partial charge in [-0.1, -0.05) is 35.4 Å². The molecular weight excluding hydrogens is 683 g/mol. The summed E-state index contributed by atoms with van der Waals surface area (Å²) in [6.07, 6.45) is -1.84. The number of hydrogen-bond donors (Lipinski definition) is 1. The minimum absolute atomic E-state index is 0.0394. The van der Waals surface area contributed by atoms with Gasteiger partial charge in [0.05, 0.1) is 27.9 Å². The van der Waals surface area contributed by atoms with Crippen molar-refractivity contribution in [2.24, 2.45) is 17.8 Å². The highest BCUT2D eigenvalue weighted by Crippen LogP contribution is 2.57. The summed E-state index contributed by atoms with van der Waals surface area (Å²) in [5.41, 5.74) is -0.0673. The van der Waals surface area contributed by atoms with Crippen molar-refractivity contribution < 1.29 is 42.2 Å². The van der Waals surface area contributed by atoms with Gasteiger partial charge in [-0.3, -0.25) is 24.2 Å².